The second-order valence-corrected chi connectivity index (χ2v) is 3.32. The molecule has 3 nitrogen and oxygen atoms in total. The first kappa shape index (κ1) is 7.13. The Morgan fingerprint density at radius 3 is 2.91 bits per heavy atom. The lowest BCUT2D eigenvalue weighted by molar-refractivity contribution is 0.149. The Morgan fingerprint density at radius 1 is 1.73 bits per heavy atom. The van der Waals surface area contributed by atoms with Crippen LogP contribution in [0.3, 0.4) is 0 Å². The van der Waals surface area contributed by atoms with Gasteiger partial charge >= 0.3 is 0 Å². The summed E-state index contributed by atoms with van der Waals surface area (Å²) in [6.45, 7) is 0. The quantitative estimate of drug-likeness (QED) is 0.711. The third kappa shape index (κ3) is 1.26. The van der Waals surface area contributed by atoms with Gasteiger partial charge in [-0.05, 0) is 18.8 Å². The van der Waals surface area contributed by atoms with E-state index in [1.54, 1.807) is 0 Å². The van der Waals surface area contributed by atoms with Crippen molar-refractivity contribution in [2.24, 2.45) is 5.92 Å². The zero-order valence-electron chi connectivity index (χ0n) is 5.92. The van der Waals surface area contributed by atoms with Gasteiger partial charge in [0.25, 0.3) is 0 Å². The van der Waals surface area contributed by atoms with Crippen molar-refractivity contribution in [2.45, 2.75) is 18.9 Å². The Balaban J connectivity index is 2.20. The molecule has 4 heteroatoms. The second-order valence-electron chi connectivity index (χ2n) is 2.91. The number of H-pyrrole nitrogens is 1. The van der Waals surface area contributed by atoms with Crippen LogP contribution in [0.4, 0.5) is 0 Å². The smallest absolute Gasteiger partial charge is 0.0997 e. The number of aromatic nitrogens is 2. The van der Waals surface area contributed by atoms with Crippen LogP contribution >= 0.6 is 11.6 Å². The van der Waals surface area contributed by atoms with Crippen LogP contribution in [0.15, 0.2) is 6.20 Å². The fourth-order valence-corrected chi connectivity index (χ4v) is 1.34. The molecule has 2 rings (SSSR count). The van der Waals surface area contributed by atoms with E-state index in [1.165, 1.54) is 6.20 Å². The minimum absolute atomic E-state index is 0.396. The number of rotatable bonds is 2. The molecule has 0 saturated heterocycles. The van der Waals surface area contributed by atoms with Crippen LogP contribution in [0.25, 0.3) is 0 Å². The van der Waals surface area contributed by atoms with Crippen LogP contribution in [0.1, 0.15) is 24.6 Å². The highest BCUT2D eigenvalue weighted by Crippen LogP contribution is 2.41. The van der Waals surface area contributed by atoms with Gasteiger partial charge in [-0.15, -0.1) is 0 Å². The second kappa shape index (κ2) is 2.50. The van der Waals surface area contributed by atoms with Crippen LogP contribution in [0.5, 0.6) is 0 Å². The van der Waals surface area contributed by atoms with E-state index in [0.717, 1.165) is 12.8 Å². The molecule has 11 heavy (non-hydrogen) atoms. The molecule has 60 valence electrons. The van der Waals surface area contributed by atoms with Crippen molar-refractivity contribution in [2.75, 3.05) is 0 Å². The highest BCUT2D eigenvalue weighted by molar-refractivity contribution is 6.31. The van der Waals surface area contributed by atoms with Crippen LogP contribution < -0.4 is 0 Å². The molecular formula is C7H9ClN2O. The molecule has 0 radical (unpaired) electrons. The van der Waals surface area contributed by atoms with Crippen LogP contribution in [-0.4, -0.2) is 15.3 Å². The van der Waals surface area contributed by atoms with E-state index in [9.17, 15) is 5.11 Å². The highest BCUT2D eigenvalue weighted by atomic mass is 35.5. The molecule has 2 N–H and O–H groups in total. The van der Waals surface area contributed by atoms with Crippen molar-refractivity contribution in [3.05, 3.63) is 16.9 Å². The third-order valence-electron chi connectivity index (χ3n) is 1.98. The molecular weight excluding hydrogens is 164 g/mol. The summed E-state index contributed by atoms with van der Waals surface area (Å²) in [5.41, 5.74) is 0.661. The van der Waals surface area contributed by atoms with Gasteiger partial charge in [0, 0.05) is 0 Å². The Morgan fingerprint density at radius 2 is 2.45 bits per heavy atom. The van der Waals surface area contributed by atoms with Crippen molar-refractivity contribution in [3.8, 4) is 0 Å². The van der Waals surface area contributed by atoms with Gasteiger partial charge < -0.3 is 5.11 Å². The van der Waals surface area contributed by atoms with E-state index in [0.29, 0.717) is 16.6 Å². The molecule has 0 amide bonds. The average Bonchev–Trinajstić information content (AvgIpc) is 2.74. The summed E-state index contributed by atoms with van der Waals surface area (Å²) in [4.78, 5) is 0. The Bertz CT molecular complexity index is 257. The fourth-order valence-electron chi connectivity index (χ4n) is 1.14. The van der Waals surface area contributed by atoms with E-state index in [1.807, 2.05) is 0 Å². The fraction of sp³-hybridized carbons (Fsp3) is 0.571. The average molecular weight is 173 g/mol. The molecule has 0 spiro atoms. The van der Waals surface area contributed by atoms with Gasteiger partial charge in [0.2, 0.25) is 0 Å². The molecule has 1 aromatic heterocycles. The standard InChI is InChI=1S/C7H9ClN2O/c8-5-3-9-10-6(5)7(11)4-1-2-4/h3-4,7,11H,1-2H2,(H,9,10). The number of aliphatic hydroxyl groups is 1. The van der Waals surface area contributed by atoms with Gasteiger partial charge in [0.05, 0.1) is 23.0 Å². The number of aromatic amines is 1. The van der Waals surface area contributed by atoms with Crippen molar-refractivity contribution in [1.82, 2.24) is 10.2 Å². The maximum absolute atomic E-state index is 9.57. The van der Waals surface area contributed by atoms with Crippen LogP contribution in [0, 0.1) is 5.92 Å². The summed E-state index contributed by atoms with van der Waals surface area (Å²) in [5.74, 6) is 0.396. The van der Waals surface area contributed by atoms with Crippen molar-refractivity contribution >= 4 is 11.6 Å². The molecule has 1 saturated carbocycles. The molecule has 1 fully saturated rings. The van der Waals surface area contributed by atoms with Gasteiger partial charge in [-0.25, -0.2) is 0 Å². The number of hydrogen-bond donors (Lipinski definition) is 2. The molecule has 1 atom stereocenters. The van der Waals surface area contributed by atoms with Crippen molar-refractivity contribution in [1.29, 1.82) is 0 Å². The van der Waals surface area contributed by atoms with Gasteiger partial charge in [0.1, 0.15) is 0 Å². The van der Waals surface area contributed by atoms with E-state index in [2.05, 4.69) is 10.2 Å². The largest absolute Gasteiger partial charge is 0.386 e. The summed E-state index contributed by atoms with van der Waals surface area (Å²) in [5, 5.41) is 16.5. The number of aliphatic hydroxyl groups excluding tert-OH is 1. The lowest BCUT2D eigenvalue weighted by Gasteiger charge is -2.05. The zero-order chi connectivity index (χ0) is 7.84. The molecule has 1 aliphatic carbocycles. The highest BCUT2D eigenvalue weighted by Gasteiger charge is 2.32. The first-order valence-electron chi connectivity index (χ1n) is 3.66. The lowest BCUT2D eigenvalue weighted by Crippen LogP contribution is -2.00. The molecule has 0 aliphatic heterocycles. The molecule has 0 aromatic carbocycles. The normalized spacial score (nSPS) is 20.2. The van der Waals surface area contributed by atoms with E-state index < -0.39 is 6.10 Å². The first-order valence-corrected chi connectivity index (χ1v) is 4.03. The minimum atomic E-state index is -0.440. The number of nitrogens with zero attached hydrogens (tertiary/aromatic N) is 1. The predicted molar refractivity (Wildman–Crippen MR) is 41.3 cm³/mol. The number of nitrogens with one attached hydrogen (secondary N) is 1. The molecule has 1 heterocycles. The molecule has 1 unspecified atom stereocenters. The summed E-state index contributed by atoms with van der Waals surface area (Å²) in [6.07, 6.45) is 3.26. The van der Waals surface area contributed by atoms with Crippen molar-refractivity contribution in [3.63, 3.8) is 0 Å². The first-order chi connectivity index (χ1) is 5.29. The third-order valence-corrected chi connectivity index (χ3v) is 2.29. The van der Waals surface area contributed by atoms with Crippen LogP contribution in [0.2, 0.25) is 5.02 Å². The summed E-state index contributed by atoms with van der Waals surface area (Å²) < 4.78 is 0. The molecule has 1 aromatic rings. The summed E-state index contributed by atoms with van der Waals surface area (Å²) >= 11 is 5.75. The van der Waals surface area contributed by atoms with Gasteiger partial charge in [-0.2, -0.15) is 5.10 Å². The van der Waals surface area contributed by atoms with E-state index in [-0.39, 0.29) is 0 Å². The number of halogens is 1. The van der Waals surface area contributed by atoms with Gasteiger partial charge in [0.15, 0.2) is 0 Å². The molecule has 1 aliphatic rings. The Kier molecular flexibility index (Phi) is 1.62. The van der Waals surface area contributed by atoms with Gasteiger partial charge in [-0.3, -0.25) is 5.10 Å². The van der Waals surface area contributed by atoms with Crippen molar-refractivity contribution < 1.29 is 5.11 Å². The zero-order valence-corrected chi connectivity index (χ0v) is 6.67. The SMILES string of the molecule is OC(c1[nH]ncc1Cl)C1CC1. The van der Waals surface area contributed by atoms with E-state index >= 15 is 0 Å². The van der Waals surface area contributed by atoms with Crippen LogP contribution in [-0.2, 0) is 0 Å². The Labute approximate surface area is 69.4 Å². The maximum atomic E-state index is 9.57. The summed E-state index contributed by atoms with van der Waals surface area (Å²) in [7, 11) is 0. The summed E-state index contributed by atoms with van der Waals surface area (Å²) in [6, 6.07) is 0. The van der Waals surface area contributed by atoms with E-state index in [4.69, 9.17) is 11.6 Å². The lowest BCUT2D eigenvalue weighted by atomic mass is 10.2. The number of hydrogen-bond acceptors (Lipinski definition) is 2. The monoisotopic (exact) mass is 172 g/mol. The predicted octanol–water partition coefficient (Wildman–Crippen LogP) is 1.51. The maximum Gasteiger partial charge on any atom is 0.0997 e. The van der Waals surface area contributed by atoms with Gasteiger partial charge in [-0.1, -0.05) is 11.6 Å². The molecule has 0 bridgehead atoms. The minimum Gasteiger partial charge on any atom is -0.386 e. The Hall–Kier alpha value is -0.540. The topological polar surface area (TPSA) is 48.9 Å².